The number of nitrogens with zero attached hydrogens (tertiary/aromatic N) is 2. The van der Waals surface area contributed by atoms with E-state index in [4.69, 9.17) is 11.6 Å². The standard InChI is InChI=1S/C20H17ClN4O2/c1-12-5-3-7-14(9-12)18(26)23-17-11-16(21)22-20(24-17)25-19(27)15-8-4-6-13(2)10-15/h3-11H,1-2H3,(H2,22,23,24,25,26,27). The second-order valence-corrected chi connectivity index (χ2v) is 6.43. The highest BCUT2D eigenvalue weighted by molar-refractivity contribution is 6.29. The minimum atomic E-state index is -0.364. The SMILES string of the molecule is Cc1cccc(C(=O)Nc2cc(Cl)nc(NC(=O)c3cccc(C)c3)n2)c1. The van der Waals surface area contributed by atoms with E-state index < -0.39 is 0 Å². The molecule has 3 rings (SSSR count). The van der Waals surface area contributed by atoms with Crippen molar-refractivity contribution < 1.29 is 9.59 Å². The summed E-state index contributed by atoms with van der Waals surface area (Å²) in [5.74, 6) is -0.490. The van der Waals surface area contributed by atoms with Crippen LogP contribution >= 0.6 is 11.6 Å². The van der Waals surface area contributed by atoms with Crippen molar-refractivity contribution in [3.05, 3.63) is 82.0 Å². The first-order valence-electron chi connectivity index (χ1n) is 8.21. The fraction of sp³-hybridized carbons (Fsp3) is 0.100. The zero-order chi connectivity index (χ0) is 19.4. The van der Waals surface area contributed by atoms with Crippen molar-refractivity contribution in [2.75, 3.05) is 10.6 Å². The molecule has 0 bridgehead atoms. The maximum absolute atomic E-state index is 12.4. The molecule has 0 aliphatic rings. The number of nitrogens with one attached hydrogen (secondary N) is 2. The lowest BCUT2D eigenvalue weighted by atomic mass is 10.1. The molecule has 1 aromatic heterocycles. The summed E-state index contributed by atoms with van der Waals surface area (Å²) in [6.07, 6.45) is 0. The van der Waals surface area contributed by atoms with Crippen molar-refractivity contribution in [3.63, 3.8) is 0 Å². The smallest absolute Gasteiger partial charge is 0.258 e. The second kappa shape index (κ2) is 7.97. The lowest BCUT2D eigenvalue weighted by molar-refractivity contribution is 0.101. The molecule has 0 radical (unpaired) electrons. The molecule has 7 heteroatoms. The summed E-state index contributed by atoms with van der Waals surface area (Å²) in [6, 6.07) is 15.7. The Morgan fingerprint density at radius 1 is 0.815 bits per heavy atom. The van der Waals surface area contributed by atoms with Gasteiger partial charge in [-0.15, -0.1) is 0 Å². The minimum absolute atomic E-state index is 0.00792. The zero-order valence-electron chi connectivity index (χ0n) is 14.8. The van der Waals surface area contributed by atoms with E-state index in [1.54, 1.807) is 36.4 Å². The fourth-order valence-electron chi connectivity index (χ4n) is 2.47. The average molecular weight is 381 g/mol. The van der Waals surface area contributed by atoms with E-state index in [2.05, 4.69) is 20.6 Å². The Balaban J connectivity index is 1.78. The fourth-order valence-corrected chi connectivity index (χ4v) is 2.66. The quantitative estimate of drug-likeness (QED) is 0.662. The number of benzene rings is 2. The predicted octanol–water partition coefficient (Wildman–Crippen LogP) is 4.25. The summed E-state index contributed by atoms with van der Waals surface area (Å²) in [6.45, 7) is 3.79. The Hall–Kier alpha value is -3.25. The molecule has 0 unspecified atom stereocenters. The van der Waals surface area contributed by atoms with Gasteiger partial charge in [-0.1, -0.05) is 47.0 Å². The van der Waals surface area contributed by atoms with Crippen molar-refractivity contribution in [1.82, 2.24) is 9.97 Å². The first-order valence-corrected chi connectivity index (χ1v) is 8.59. The lowest BCUT2D eigenvalue weighted by Gasteiger charge is -2.09. The van der Waals surface area contributed by atoms with Gasteiger partial charge in [0.15, 0.2) is 0 Å². The lowest BCUT2D eigenvalue weighted by Crippen LogP contribution is -2.17. The van der Waals surface area contributed by atoms with E-state index in [1.165, 1.54) is 6.07 Å². The van der Waals surface area contributed by atoms with Crippen LogP contribution in [-0.4, -0.2) is 21.8 Å². The molecular weight excluding hydrogens is 364 g/mol. The Labute approximate surface area is 161 Å². The summed E-state index contributed by atoms with van der Waals surface area (Å²) in [4.78, 5) is 32.9. The van der Waals surface area contributed by atoms with Crippen LogP contribution in [0, 0.1) is 13.8 Å². The maximum atomic E-state index is 12.4. The second-order valence-electron chi connectivity index (χ2n) is 6.05. The molecule has 6 nitrogen and oxygen atoms in total. The van der Waals surface area contributed by atoms with Gasteiger partial charge in [0.25, 0.3) is 11.8 Å². The zero-order valence-corrected chi connectivity index (χ0v) is 15.5. The van der Waals surface area contributed by atoms with Gasteiger partial charge in [0, 0.05) is 17.2 Å². The van der Waals surface area contributed by atoms with Gasteiger partial charge < -0.3 is 5.32 Å². The van der Waals surface area contributed by atoms with Crippen LogP contribution in [0.5, 0.6) is 0 Å². The number of carbonyl (C=O) groups excluding carboxylic acids is 2. The van der Waals surface area contributed by atoms with Gasteiger partial charge in [-0.25, -0.2) is 4.98 Å². The number of hydrogen-bond acceptors (Lipinski definition) is 4. The maximum Gasteiger partial charge on any atom is 0.258 e. The molecule has 0 saturated heterocycles. The predicted molar refractivity (Wildman–Crippen MR) is 105 cm³/mol. The highest BCUT2D eigenvalue weighted by Gasteiger charge is 2.12. The first-order chi connectivity index (χ1) is 12.9. The largest absolute Gasteiger partial charge is 0.306 e. The van der Waals surface area contributed by atoms with Crippen molar-refractivity contribution in [2.24, 2.45) is 0 Å². The van der Waals surface area contributed by atoms with Crippen molar-refractivity contribution in [1.29, 1.82) is 0 Å². The van der Waals surface area contributed by atoms with Crippen molar-refractivity contribution in [2.45, 2.75) is 13.8 Å². The monoisotopic (exact) mass is 380 g/mol. The van der Waals surface area contributed by atoms with Crippen LogP contribution in [0.15, 0.2) is 54.6 Å². The van der Waals surface area contributed by atoms with E-state index >= 15 is 0 Å². The van der Waals surface area contributed by atoms with Gasteiger partial charge in [-0.3, -0.25) is 14.9 Å². The van der Waals surface area contributed by atoms with E-state index in [-0.39, 0.29) is 28.7 Å². The highest BCUT2D eigenvalue weighted by atomic mass is 35.5. The first kappa shape index (κ1) is 18.5. The summed E-state index contributed by atoms with van der Waals surface area (Å²) >= 11 is 6.01. The van der Waals surface area contributed by atoms with Gasteiger partial charge in [0.1, 0.15) is 11.0 Å². The van der Waals surface area contributed by atoms with Crippen LogP contribution in [0.4, 0.5) is 11.8 Å². The van der Waals surface area contributed by atoms with Crippen molar-refractivity contribution in [3.8, 4) is 0 Å². The molecule has 0 aliphatic heterocycles. The third-order valence-electron chi connectivity index (χ3n) is 3.72. The van der Waals surface area contributed by atoms with Gasteiger partial charge in [-0.05, 0) is 38.1 Å². The van der Waals surface area contributed by atoms with Gasteiger partial charge in [-0.2, -0.15) is 4.98 Å². The Morgan fingerprint density at radius 2 is 1.37 bits per heavy atom. The average Bonchev–Trinajstić information content (AvgIpc) is 2.61. The molecule has 2 N–H and O–H groups in total. The van der Waals surface area contributed by atoms with E-state index in [0.29, 0.717) is 11.1 Å². The Kier molecular flexibility index (Phi) is 5.47. The Morgan fingerprint density at radius 3 is 1.93 bits per heavy atom. The van der Waals surface area contributed by atoms with Crippen LogP contribution in [0.25, 0.3) is 0 Å². The third-order valence-corrected chi connectivity index (χ3v) is 3.92. The minimum Gasteiger partial charge on any atom is -0.306 e. The molecule has 0 saturated carbocycles. The van der Waals surface area contributed by atoms with Gasteiger partial charge >= 0.3 is 0 Å². The molecule has 3 aromatic rings. The van der Waals surface area contributed by atoms with Gasteiger partial charge in [0.2, 0.25) is 5.95 Å². The number of carbonyl (C=O) groups is 2. The summed E-state index contributed by atoms with van der Waals surface area (Å²) < 4.78 is 0. The topological polar surface area (TPSA) is 84.0 Å². The summed E-state index contributed by atoms with van der Waals surface area (Å²) in [5.41, 5.74) is 2.90. The van der Waals surface area contributed by atoms with Crippen LogP contribution < -0.4 is 10.6 Å². The molecule has 0 aliphatic carbocycles. The molecular formula is C20H17ClN4O2. The Bertz CT molecular complexity index is 943. The van der Waals surface area contributed by atoms with Crippen LogP contribution in [0.2, 0.25) is 5.15 Å². The van der Waals surface area contributed by atoms with Crippen LogP contribution in [0.1, 0.15) is 31.8 Å². The molecule has 0 fully saturated rings. The molecule has 2 amide bonds. The van der Waals surface area contributed by atoms with Crippen LogP contribution in [-0.2, 0) is 0 Å². The van der Waals surface area contributed by atoms with E-state index in [9.17, 15) is 9.59 Å². The molecule has 0 spiro atoms. The van der Waals surface area contributed by atoms with Crippen LogP contribution in [0.3, 0.4) is 0 Å². The number of aromatic nitrogens is 2. The van der Waals surface area contributed by atoms with Gasteiger partial charge in [0.05, 0.1) is 0 Å². The molecule has 27 heavy (non-hydrogen) atoms. The number of halogens is 1. The number of hydrogen-bond donors (Lipinski definition) is 2. The van der Waals surface area contributed by atoms with E-state index in [0.717, 1.165) is 11.1 Å². The number of amides is 2. The number of anilines is 2. The summed E-state index contributed by atoms with van der Waals surface area (Å²) in [5, 5.41) is 5.36. The summed E-state index contributed by atoms with van der Waals surface area (Å²) in [7, 11) is 0. The van der Waals surface area contributed by atoms with E-state index in [1.807, 2.05) is 26.0 Å². The third kappa shape index (κ3) is 4.89. The number of aryl methyl sites for hydroxylation is 2. The molecule has 1 heterocycles. The normalized spacial score (nSPS) is 10.3. The molecule has 136 valence electrons. The highest BCUT2D eigenvalue weighted by Crippen LogP contribution is 2.16. The number of rotatable bonds is 4. The van der Waals surface area contributed by atoms with Crippen molar-refractivity contribution >= 4 is 35.2 Å². The molecule has 2 aromatic carbocycles. The molecule has 0 atom stereocenters.